The van der Waals surface area contributed by atoms with Crippen molar-refractivity contribution in [2.24, 2.45) is 10.9 Å². The van der Waals surface area contributed by atoms with Gasteiger partial charge in [-0.05, 0) is 19.3 Å². The van der Waals surface area contributed by atoms with Crippen molar-refractivity contribution in [1.82, 2.24) is 10.6 Å². The largest absolute Gasteiger partial charge is 0.354 e. The highest BCUT2D eigenvalue weighted by Gasteiger charge is 2.22. The van der Waals surface area contributed by atoms with Crippen LogP contribution in [0.2, 0.25) is 0 Å². The molecule has 1 amide bonds. The lowest BCUT2D eigenvalue weighted by atomic mass is 10.2. The third-order valence-electron chi connectivity index (χ3n) is 2.75. The highest BCUT2D eigenvalue weighted by Crippen LogP contribution is 2.23. The van der Waals surface area contributed by atoms with E-state index in [9.17, 15) is 4.79 Å². The molecule has 0 aliphatic carbocycles. The Balaban J connectivity index is 2.28. The van der Waals surface area contributed by atoms with Gasteiger partial charge in [0.25, 0.3) is 0 Å². The summed E-state index contributed by atoms with van der Waals surface area (Å²) < 4.78 is 0. The summed E-state index contributed by atoms with van der Waals surface area (Å²) in [5.41, 5.74) is 0. The highest BCUT2D eigenvalue weighted by molar-refractivity contribution is 8.14. The van der Waals surface area contributed by atoms with Gasteiger partial charge in [-0.3, -0.25) is 9.79 Å². The molecule has 0 aromatic heterocycles. The molecule has 1 aliphatic heterocycles. The molecule has 0 saturated heterocycles. The normalized spacial score (nSPS) is 20.7. The van der Waals surface area contributed by atoms with Gasteiger partial charge in [-0.25, -0.2) is 0 Å². The Labute approximate surface area is 114 Å². The van der Waals surface area contributed by atoms with Crippen molar-refractivity contribution in [2.45, 2.75) is 51.8 Å². The maximum Gasteiger partial charge on any atom is 0.242 e. The number of rotatable bonds is 6. The molecule has 2 unspecified atom stereocenters. The van der Waals surface area contributed by atoms with Gasteiger partial charge in [0.2, 0.25) is 5.91 Å². The first-order valence-corrected chi connectivity index (χ1v) is 7.66. The standard InChI is InChI=1S/C13H25N3OS/c1-5-6-11-8-15-13(18-11)16-10(4)12(17)14-7-9(2)3/h9-11H,5-8H2,1-4H3,(H,14,17)(H,15,16). The predicted octanol–water partition coefficient (Wildman–Crippen LogP) is 2.01. The third-order valence-corrected chi connectivity index (χ3v) is 3.93. The summed E-state index contributed by atoms with van der Waals surface area (Å²) in [7, 11) is 0. The zero-order chi connectivity index (χ0) is 13.5. The molecule has 0 saturated carbocycles. The first kappa shape index (κ1) is 15.3. The Bertz CT molecular complexity index is 305. The van der Waals surface area contributed by atoms with Crippen molar-refractivity contribution in [3.63, 3.8) is 0 Å². The van der Waals surface area contributed by atoms with Gasteiger partial charge in [-0.2, -0.15) is 0 Å². The number of aliphatic imine (C=N–C) groups is 1. The number of hydrogen-bond acceptors (Lipinski definition) is 4. The van der Waals surface area contributed by atoms with E-state index in [1.165, 1.54) is 12.8 Å². The maximum atomic E-state index is 11.8. The van der Waals surface area contributed by atoms with Crippen LogP contribution >= 0.6 is 11.8 Å². The Morgan fingerprint density at radius 1 is 1.50 bits per heavy atom. The zero-order valence-electron chi connectivity index (χ0n) is 11.8. The summed E-state index contributed by atoms with van der Waals surface area (Å²) in [6.45, 7) is 9.85. The summed E-state index contributed by atoms with van der Waals surface area (Å²) in [6.07, 6.45) is 2.37. The lowest BCUT2D eigenvalue weighted by Crippen LogP contribution is -2.44. The molecule has 2 atom stereocenters. The Morgan fingerprint density at radius 2 is 2.22 bits per heavy atom. The molecule has 0 radical (unpaired) electrons. The molecule has 0 bridgehead atoms. The smallest absolute Gasteiger partial charge is 0.242 e. The fraction of sp³-hybridized carbons (Fsp3) is 0.846. The second kappa shape index (κ2) is 7.67. The van der Waals surface area contributed by atoms with E-state index in [0.29, 0.717) is 11.2 Å². The van der Waals surface area contributed by atoms with Crippen LogP contribution in [0.4, 0.5) is 0 Å². The number of nitrogens with zero attached hydrogens (tertiary/aromatic N) is 1. The van der Waals surface area contributed by atoms with Crippen LogP contribution in [0.1, 0.15) is 40.5 Å². The fourth-order valence-electron chi connectivity index (χ4n) is 1.68. The van der Waals surface area contributed by atoms with Crippen LogP contribution in [0.5, 0.6) is 0 Å². The Morgan fingerprint density at radius 3 is 2.83 bits per heavy atom. The van der Waals surface area contributed by atoms with Gasteiger partial charge in [0, 0.05) is 11.8 Å². The summed E-state index contributed by atoms with van der Waals surface area (Å²) in [4.78, 5) is 16.2. The van der Waals surface area contributed by atoms with E-state index in [4.69, 9.17) is 0 Å². The third kappa shape index (κ3) is 5.29. The lowest BCUT2D eigenvalue weighted by Gasteiger charge is -2.16. The van der Waals surface area contributed by atoms with Crippen LogP contribution < -0.4 is 10.6 Å². The summed E-state index contributed by atoms with van der Waals surface area (Å²) in [5.74, 6) is 0.527. The molecule has 0 spiro atoms. The monoisotopic (exact) mass is 271 g/mol. The minimum Gasteiger partial charge on any atom is -0.354 e. The summed E-state index contributed by atoms with van der Waals surface area (Å²) in [6, 6.07) is -0.213. The molecule has 5 heteroatoms. The average Bonchev–Trinajstić information content (AvgIpc) is 2.73. The first-order chi connectivity index (χ1) is 8.52. The number of amidine groups is 1. The molecule has 1 rings (SSSR count). The molecule has 4 nitrogen and oxygen atoms in total. The first-order valence-electron chi connectivity index (χ1n) is 6.78. The van der Waals surface area contributed by atoms with Crippen LogP contribution in [-0.2, 0) is 4.79 Å². The van der Waals surface area contributed by atoms with Crippen LogP contribution in [0.3, 0.4) is 0 Å². The molecular weight excluding hydrogens is 246 g/mol. The van der Waals surface area contributed by atoms with Crippen molar-refractivity contribution in [1.29, 1.82) is 0 Å². The second-order valence-corrected chi connectivity index (χ2v) is 6.47. The fourth-order valence-corrected chi connectivity index (χ4v) is 2.89. The van der Waals surface area contributed by atoms with Gasteiger partial charge in [0.15, 0.2) is 5.17 Å². The van der Waals surface area contributed by atoms with E-state index in [-0.39, 0.29) is 11.9 Å². The van der Waals surface area contributed by atoms with E-state index >= 15 is 0 Å². The number of carbonyl (C=O) groups excluding carboxylic acids is 1. The van der Waals surface area contributed by atoms with Crippen molar-refractivity contribution < 1.29 is 4.79 Å². The van der Waals surface area contributed by atoms with Gasteiger partial charge < -0.3 is 10.6 Å². The van der Waals surface area contributed by atoms with Crippen molar-refractivity contribution in [3.8, 4) is 0 Å². The number of carbonyl (C=O) groups is 1. The average molecular weight is 271 g/mol. The molecule has 2 N–H and O–H groups in total. The molecular formula is C13H25N3OS. The molecule has 1 aliphatic rings. The van der Waals surface area contributed by atoms with Crippen LogP contribution in [0.15, 0.2) is 4.99 Å². The molecule has 0 fully saturated rings. The molecule has 0 aromatic rings. The zero-order valence-corrected chi connectivity index (χ0v) is 12.6. The highest BCUT2D eigenvalue weighted by atomic mass is 32.2. The van der Waals surface area contributed by atoms with E-state index in [1.807, 2.05) is 6.92 Å². The molecule has 0 aromatic carbocycles. The summed E-state index contributed by atoms with van der Waals surface area (Å²) >= 11 is 1.76. The number of thioether (sulfide) groups is 1. The van der Waals surface area contributed by atoms with Gasteiger partial charge in [-0.1, -0.05) is 39.0 Å². The lowest BCUT2D eigenvalue weighted by molar-refractivity contribution is -0.122. The van der Waals surface area contributed by atoms with Crippen LogP contribution in [0.25, 0.3) is 0 Å². The van der Waals surface area contributed by atoms with Gasteiger partial charge >= 0.3 is 0 Å². The van der Waals surface area contributed by atoms with Gasteiger partial charge in [-0.15, -0.1) is 0 Å². The minimum atomic E-state index is -0.213. The van der Waals surface area contributed by atoms with Crippen molar-refractivity contribution in [3.05, 3.63) is 0 Å². The predicted molar refractivity (Wildman–Crippen MR) is 79.0 cm³/mol. The molecule has 1 heterocycles. The maximum absolute atomic E-state index is 11.8. The topological polar surface area (TPSA) is 53.5 Å². The Hall–Kier alpha value is -0.710. The quantitative estimate of drug-likeness (QED) is 0.777. The molecule has 104 valence electrons. The van der Waals surface area contributed by atoms with Crippen molar-refractivity contribution >= 4 is 22.8 Å². The molecule has 18 heavy (non-hydrogen) atoms. The summed E-state index contributed by atoms with van der Waals surface area (Å²) in [5, 5.41) is 7.62. The number of amides is 1. The number of hydrogen-bond donors (Lipinski definition) is 2. The van der Waals surface area contributed by atoms with E-state index in [0.717, 1.165) is 18.3 Å². The van der Waals surface area contributed by atoms with Crippen LogP contribution in [-0.4, -0.2) is 35.5 Å². The van der Waals surface area contributed by atoms with Crippen LogP contribution in [0, 0.1) is 5.92 Å². The van der Waals surface area contributed by atoms with Gasteiger partial charge in [0.05, 0.1) is 6.54 Å². The number of nitrogens with one attached hydrogen (secondary N) is 2. The van der Waals surface area contributed by atoms with E-state index in [2.05, 4.69) is 36.4 Å². The minimum absolute atomic E-state index is 0.0472. The van der Waals surface area contributed by atoms with E-state index < -0.39 is 0 Å². The SMILES string of the molecule is CCCC1CN=C(NC(C)C(=O)NCC(C)C)S1. The van der Waals surface area contributed by atoms with Crippen molar-refractivity contribution in [2.75, 3.05) is 13.1 Å². The van der Waals surface area contributed by atoms with Gasteiger partial charge in [0.1, 0.15) is 6.04 Å². The Kier molecular flexibility index (Phi) is 6.54. The second-order valence-electron chi connectivity index (χ2n) is 5.18. The van der Waals surface area contributed by atoms with E-state index in [1.54, 1.807) is 11.8 Å².